The molecule has 2 N–H and O–H groups in total. The van der Waals surface area contributed by atoms with Crippen LogP contribution in [-0.4, -0.2) is 34.0 Å². The molecule has 0 aromatic heterocycles. The largest absolute Gasteiger partial charge is 0.388 e. The molecule has 0 radical (unpaired) electrons. The summed E-state index contributed by atoms with van der Waals surface area (Å²) in [6.45, 7) is 5.65. The number of carbonyl (C=O) groups excluding carboxylic acids is 2. The molecule has 4 aliphatic rings. The van der Waals surface area contributed by atoms with Gasteiger partial charge in [-0.05, 0) is 43.4 Å². The van der Waals surface area contributed by atoms with E-state index >= 15 is 0 Å². The number of aliphatic hydroxyl groups excluding tert-OH is 1. The summed E-state index contributed by atoms with van der Waals surface area (Å²) in [4.78, 5) is 24.5. The molecule has 4 heteroatoms. The molecule has 2 fully saturated rings. The highest BCUT2D eigenvalue weighted by Crippen LogP contribution is 2.66. The van der Waals surface area contributed by atoms with E-state index < -0.39 is 23.4 Å². The third kappa shape index (κ3) is 2.03. The smallest absolute Gasteiger partial charge is 0.190 e. The molecule has 0 aromatic carbocycles. The number of aliphatic hydroxyl groups is 2. The lowest BCUT2D eigenvalue weighted by Crippen LogP contribution is -2.57. The predicted molar refractivity (Wildman–Crippen MR) is 98.3 cm³/mol. The van der Waals surface area contributed by atoms with E-state index in [1.165, 1.54) is 11.1 Å². The maximum Gasteiger partial charge on any atom is 0.190 e. The summed E-state index contributed by atoms with van der Waals surface area (Å²) in [5, 5.41) is 20.9. The second-order valence-electron chi connectivity index (χ2n) is 9.49. The number of carbonyl (C=O) groups is 2. The van der Waals surface area contributed by atoms with Gasteiger partial charge in [-0.15, -0.1) is 0 Å². The lowest BCUT2D eigenvalue weighted by Gasteiger charge is -2.54. The maximum absolute atomic E-state index is 12.5. The van der Waals surface area contributed by atoms with Crippen molar-refractivity contribution in [2.24, 2.45) is 28.6 Å². The fourth-order valence-electron chi connectivity index (χ4n) is 6.84. The summed E-state index contributed by atoms with van der Waals surface area (Å²) in [6.07, 6.45) is 8.97. The van der Waals surface area contributed by atoms with Gasteiger partial charge in [-0.25, -0.2) is 0 Å². The van der Waals surface area contributed by atoms with Gasteiger partial charge in [0.1, 0.15) is 18.0 Å². The Labute approximate surface area is 155 Å². The zero-order valence-corrected chi connectivity index (χ0v) is 16.0. The van der Waals surface area contributed by atoms with Crippen LogP contribution in [0, 0.1) is 28.6 Å². The molecule has 0 heterocycles. The number of Topliss-reactive ketones (excluding diaryl/α,β-unsaturated/α-hetero) is 2. The lowest BCUT2D eigenvalue weighted by molar-refractivity contribution is -0.161. The molecule has 2 unspecified atom stereocenters. The van der Waals surface area contributed by atoms with E-state index in [2.05, 4.69) is 19.1 Å². The minimum Gasteiger partial charge on any atom is -0.388 e. The van der Waals surface area contributed by atoms with Crippen LogP contribution in [0.2, 0.25) is 0 Å². The summed E-state index contributed by atoms with van der Waals surface area (Å²) in [7, 11) is 0. The number of hydrogen-bond donors (Lipinski definition) is 2. The van der Waals surface area contributed by atoms with Crippen molar-refractivity contribution in [1.82, 2.24) is 0 Å². The van der Waals surface area contributed by atoms with E-state index in [-0.39, 0.29) is 17.3 Å². The second-order valence-corrected chi connectivity index (χ2v) is 9.49. The molecule has 0 spiro atoms. The highest BCUT2D eigenvalue weighted by Gasteiger charge is 2.66. The molecule has 0 saturated heterocycles. The summed E-state index contributed by atoms with van der Waals surface area (Å²) in [5.41, 5.74) is 0.669. The number of allylic oxidation sites excluding steroid dienone is 4. The topological polar surface area (TPSA) is 74.6 Å². The van der Waals surface area contributed by atoms with Crippen molar-refractivity contribution in [3.8, 4) is 0 Å². The number of fused-ring (bicyclic) bond motifs is 5. The summed E-state index contributed by atoms with van der Waals surface area (Å²) in [5.74, 6) is 0.291. The van der Waals surface area contributed by atoms with Gasteiger partial charge < -0.3 is 10.2 Å². The molecule has 2 saturated carbocycles. The van der Waals surface area contributed by atoms with Gasteiger partial charge in [-0.1, -0.05) is 44.1 Å². The Kier molecular flexibility index (Phi) is 3.92. The first-order valence-corrected chi connectivity index (χ1v) is 9.96. The Balaban J connectivity index is 1.77. The fraction of sp³-hybridized carbons (Fsp3) is 0.727. The average Bonchev–Trinajstić information content (AvgIpc) is 2.83. The van der Waals surface area contributed by atoms with Crippen LogP contribution in [-0.2, 0) is 9.59 Å². The highest BCUT2D eigenvalue weighted by atomic mass is 16.3. The van der Waals surface area contributed by atoms with Crippen LogP contribution in [0.4, 0.5) is 0 Å². The third-order valence-electron chi connectivity index (χ3n) is 8.47. The van der Waals surface area contributed by atoms with Gasteiger partial charge in [-0.2, -0.15) is 0 Å². The number of ketones is 2. The molecule has 0 aliphatic heterocycles. The lowest BCUT2D eigenvalue weighted by atomic mass is 9.51. The zero-order chi connectivity index (χ0) is 18.9. The van der Waals surface area contributed by atoms with E-state index in [9.17, 15) is 19.8 Å². The average molecular weight is 358 g/mol. The van der Waals surface area contributed by atoms with E-state index in [1.54, 1.807) is 0 Å². The Bertz CT molecular complexity index is 734. The normalized spacial score (nSPS) is 47.4. The third-order valence-corrected chi connectivity index (χ3v) is 8.47. The Morgan fingerprint density at radius 1 is 1.31 bits per heavy atom. The van der Waals surface area contributed by atoms with E-state index in [0.29, 0.717) is 31.0 Å². The second kappa shape index (κ2) is 5.62. The first-order chi connectivity index (χ1) is 12.2. The standard InChI is InChI=1S/C22H30O4/c1-13-10-18-16-5-4-14-11-15(24)6-8-20(14,2)17(16)7-9-21(18,3)22(13,26)19(25)12-23/h4,7,13,16,18,23,26H,5-6,8-12H2,1-3H3/t13-,16?,18?,20+,21+,22+/m1/s1. The molecular formula is C22H30O4. The maximum atomic E-state index is 12.5. The van der Waals surface area contributed by atoms with Crippen LogP contribution in [0.1, 0.15) is 59.3 Å². The monoisotopic (exact) mass is 358 g/mol. The van der Waals surface area contributed by atoms with Gasteiger partial charge in [0.05, 0.1) is 0 Å². The van der Waals surface area contributed by atoms with Crippen LogP contribution < -0.4 is 0 Å². The summed E-state index contributed by atoms with van der Waals surface area (Å²) < 4.78 is 0. The van der Waals surface area contributed by atoms with Crippen LogP contribution >= 0.6 is 0 Å². The fourth-order valence-corrected chi connectivity index (χ4v) is 6.84. The molecule has 4 rings (SSSR count). The Morgan fingerprint density at radius 3 is 2.73 bits per heavy atom. The van der Waals surface area contributed by atoms with Crippen molar-refractivity contribution in [2.45, 2.75) is 64.9 Å². The van der Waals surface area contributed by atoms with Crippen molar-refractivity contribution in [1.29, 1.82) is 0 Å². The van der Waals surface area contributed by atoms with Crippen LogP contribution in [0.15, 0.2) is 23.3 Å². The quantitative estimate of drug-likeness (QED) is 0.744. The van der Waals surface area contributed by atoms with Gasteiger partial charge in [0, 0.05) is 23.7 Å². The molecule has 0 bridgehead atoms. The molecule has 6 atom stereocenters. The molecule has 26 heavy (non-hydrogen) atoms. The van der Waals surface area contributed by atoms with Crippen LogP contribution in [0.5, 0.6) is 0 Å². The van der Waals surface area contributed by atoms with Crippen molar-refractivity contribution in [2.75, 3.05) is 6.61 Å². The number of rotatable bonds is 2. The van der Waals surface area contributed by atoms with Crippen molar-refractivity contribution in [3.05, 3.63) is 23.3 Å². The Morgan fingerprint density at radius 2 is 2.04 bits per heavy atom. The molecule has 0 aromatic rings. The van der Waals surface area contributed by atoms with E-state index in [1.807, 2.05) is 13.8 Å². The van der Waals surface area contributed by atoms with Gasteiger partial charge in [0.25, 0.3) is 0 Å². The van der Waals surface area contributed by atoms with E-state index in [4.69, 9.17) is 0 Å². The van der Waals surface area contributed by atoms with Crippen LogP contribution in [0.25, 0.3) is 0 Å². The highest BCUT2D eigenvalue weighted by molar-refractivity contribution is 5.90. The van der Waals surface area contributed by atoms with Gasteiger partial charge >= 0.3 is 0 Å². The van der Waals surface area contributed by atoms with Crippen molar-refractivity contribution < 1.29 is 19.8 Å². The zero-order valence-electron chi connectivity index (χ0n) is 16.0. The molecule has 4 nitrogen and oxygen atoms in total. The first kappa shape index (κ1) is 18.1. The molecule has 4 aliphatic carbocycles. The van der Waals surface area contributed by atoms with Gasteiger partial charge in [0.2, 0.25) is 0 Å². The van der Waals surface area contributed by atoms with Crippen molar-refractivity contribution in [3.63, 3.8) is 0 Å². The molecule has 142 valence electrons. The Hall–Kier alpha value is -1.26. The SMILES string of the molecule is C[C@@H]1CC2C3CC=C4CC(=O)CC[C@]4(C)C3=CC[C@]2(C)[C@@]1(O)C(=O)CO. The van der Waals surface area contributed by atoms with Crippen molar-refractivity contribution >= 4 is 11.6 Å². The number of hydrogen-bond acceptors (Lipinski definition) is 4. The summed E-state index contributed by atoms with van der Waals surface area (Å²) >= 11 is 0. The van der Waals surface area contributed by atoms with E-state index in [0.717, 1.165) is 19.3 Å². The minimum absolute atomic E-state index is 0.0386. The van der Waals surface area contributed by atoms with Gasteiger partial charge in [-0.3, -0.25) is 9.59 Å². The summed E-state index contributed by atoms with van der Waals surface area (Å²) in [6, 6.07) is 0. The predicted octanol–water partition coefficient (Wildman–Crippen LogP) is 2.98. The van der Waals surface area contributed by atoms with Gasteiger partial charge in [0.15, 0.2) is 5.78 Å². The minimum atomic E-state index is -1.46. The molecule has 0 amide bonds. The van der Waals surface area contributed by atoms with Crippen LogP contribution in [0.3, 0.4) is 0 Å². The first-order valence-electron chi connectivity index (χ1n) is 9.96. The molecular weight excluding hydrogens is 328 g/mol.